The Morgan fingerprint density at radius 3 is 2.53 bits per heavy atom. The number of rotatable bonds is 7. The third-order valence-electron chi connectivity index (χ3n) is 6.19. The fourth-order valence-electron chi connectivity index (χ4n) is 4.40. The van der Waals surface area contributed by atoms with E-state index in [-0.39, 0.29) is 22.7 Å². The second-order valence-electron chi connectivity index (χ2n) is 8.47. The first-order chi connectivity index (χ1) is 17.4. The Morgan fingerprint density at radius 1 is 1.06 bits per heavy atom. The van der Waals surface area contributed by atoms with Crippen molar-refractivity contribution >= 4 is 22.8 Å². The first-order valence-corrected chi connectivity index (χ1v) is 11.6. The lowest BCUT2D eigenvalue weighted by Gasteiger charge is -2.24. The maximum Gasteiger partial charge on any atom is 0.297 e. The van der Waals surface area contributed by atoms with Crippen LogP contribution in [0.1, 0.15) is 45.8 Å². The van der Waals surface area contributed by atoms with E-state index in [9.17, 15) is 9.59 Å². The molecule has 182 valence electrons. The van der Waals surface area contributed by atoms with Crippen molar-refractivity contribution in [2.24, 2.45) is 0 Å². The van der Waals surface area contributed by atoms with Crippen LogP contribution in [0.15, 0.2) is 70.7 Å². The number of anilines is 1. The summed E-state index contributed by atoms with van der Waals surface area (Å²) in [5.41, 5.74) is 2.91. The zero-order chi connectivity index (χ0) is 25.4. The van der Waals surface area contributed by atoms with Crippen LogP contribution >= 0.6 is 0 Å². The molecule has 0 fully saturated rings. The number of ether oxygens (including phenoxy) is 2. The monoisotopic (exact) mass is 483 g/mol. The lowest BCUT2D eigenvalue weighted by atomic mass is 9.97. The molecule has 8 nitrogen and oxygen atoms in total. The van der Waals surface area contributed by atoms with Crippen LogP contribution in [0.25, 0.3) is 11.0 Å². The van der Waals surface area contributed by atoms with Crippen LogP contribution in [0.3, 0.4) is 0 Å². The quantitative estimate of drug-likeness (QED) is 0.345. The summed E-state index contributed by atoms with van der Waals surface area (Å²) < 4.78 is 17.6. The molecule has 0 saturated carbocycles. The van der Waals surface area contributed by atoms with E-state index < -0.39 is 11.9 Å². The van der Waals surface area contributed by atoms with Crippen molar-refractivity contribution in [1.29, 1.82) is 0 Å². The molecule has 2 aromatic heterocycles. The van der Waals surface area contributed by atoms with Gasteiger partial charge in [-0.05, 0) is 67.8 Å². The van der Waals surface area contributed by atoms with Gasteiger partial charge >= 0.3 is 0 Å². The van der Waals surface area contributed by atoms with Crippen LogP contribution in [0.4, 0.5) is 5.95 Å². The number of amides is 1. The largest absolute Gasteiger partial charge is 0.490 e. The minimum absolute atomic E-state index is 0.0156. The highest BCUT2D eigenvalue weighted by Crippen LogP contribution is 2.42. The number of benzene rings is 2. The predicted molar refractivity (Wildman–Crippen MR) is 136 cm³/mol. The summed E-state index contributed by atoms with van der Waals surface area (Å²) in [6, 6.07) is 9.77. The second-order valence-corrected chi connectivity index (χ2v) is 8.47. The smallest absolute Gasteiger partial charge is 0.297 e. The van der Waals surface area contributed by atoms with Crippen molar-refractivity contribution in [3.05, 3.63) is 99.7 Å². The number of aromatic nitrogens is 2. The summed E-state index contributed by atoms with van der Waals surface area (Å²) in [4.78, 5) is 37.5. The third kappa shape index (κ3) is 3.80. The van der Waals surface area contributed by atoms with Crippen molar-refractivity contribution in [3.8, 4) is 11.5 Å². The molecule has 1 aliphatic rings. The topological polar surface area (TPSA) is 94.8 Å². The molecule has 1 unspecified atom stereocenters. The Balaban J connectivity index is 1.76. The standard InChI is InChI=1S/C28H25N3O5/c1-5-12-35-20-9-8-18(15-22(20)34-6-2)24-23-25(32)19-13-16(3)17(4)14-21(19)36-26(23)27(33)31(24)28-29-10-7-11-30-28/h5,7-11,13-15,24H,1,6,12H2,2-4H3. The van der Waals surface area contributed by atoms with Crippen LogP contribution in [0.2, 0.25) is 0 Å². The Bertz CT molecular complexity index is 1540. The van der Waals surface area contributed by atoms with E-state index in [1.54, 1.807) is 54.9 Å². The van der Waals surface area contributed by atoms with Gasteiger partial charge in [0.05, 0.1) is 23.6 Å². The molecule has 0 N–H and O–H groups in total. The van der Waals surface area contributed by atoms with Gasteiger partial charge in [-0.2, -0.15) is 0 Å². The molecule has 5 rings (SSSR count). The van der Waals surface area contributed by atoms with Crippen LogP contribution in [0, 0.1) is 13.8 Å². The van der Waals surface area contributed by atoms with Crippen LogP contribution in [-0.4, -0.2) is 29.1 Å². The van der Waals surface area contributed by atoms with Gasteiger partial charge < -0.3 is 13.9 Å². The zero-order valence-corrected chi connectivity index (χ0v) is 20.3. The highest BCUT2D eigenvalue weighted by molar-refractivity contribution is 6.09. The number of hydrogen-bond acceptors (Lipinski definition) is 7. The number of aryl methyl sites for hydroxylation is 2. The Morgan fingerprint density at radius 2 is 1.81 bits per heavy atom. The third-order valence-corrected chi connectivity index (χ3v) is 6.19. The van der Waals surface area contributed by atoms with Gasteiger partial charge in [0.2, 0.25) is 11.7 Å². The molecule has 0 bridgehead atoms. The van der Waals surface area contributed by atoms with Crippen molar-refractivity contribution in [2.45, 2.75) is 26.8 Å². The van der Waals surface area contributed by atoms with E-state index in [1.165, 1.54) is 4.90 Å². The van der Waals surface area contributed by atoms with Crippen molar-refractivity contribution in [2.75, 3.05) is 18.1 Å². The molecule has 1 amide bonds. The van der Waals surface area contributed by atoms with Crippen molar-refractivity contribution in [1.82, 2.24) is 9.97 Å². The van der Waals surface area contributed by atoms with Crippen LogP contribution in [-0.2, 0) is 0 Å². The van der Waals surface area contributed by atoms with E-state index >= 15 is 0 Å². The molecule has 0 spiro atoms. The summed E-state index contributed by atoms with van der Waals surface area (Å²) in [6.45, 7) is 10.1. The van der Waals surface area contributed by atoms with E-state index in [4.69, 9.17) is 13.9 Å². The van der Waals surface area contributed by atoms with Crippen molar-refractivity contribution in [3.63, 3.8) is 0 Å². The van der Waals surface area contributed by atoms with Crippen LogP contribution in [0.5, 0.6) is 11.5 Å². The maximum absolute atomic E-state index is 13.9. The fourth-order valence-corrected chi connectivity index (χ4v) is 4.40. The average Bonchev–Trinajstić information content (AvgIpc) is 3.17. The van der Waals surface area contributed by atoms with Crippen LogP contribution < -0.4 is 19.8 Å². The van der Waals surface area contributed by atoms with Crippen molar-refractivity contribution < 1.29 is 18.7 Å². The van der Waals surface area contributed by atoms with Gasteiger partial charge in [-0.1, -0.05) is 18.7 Å². The molecule has 1 aliphatic heterocycles. The van der Waals surface area contributed by atoms with Gasteiger partial charge in [-0.3, -0.25) is 14.5 Å². The summed E-state index contributed by atoms with van der Waals surface area (Å²) in [6.07, 6.45) is 4.74. The maximum atomic E-state index is 13.9. The molecular weight excluding hydrogens is 458 g/mol. The highest BCUT2D eigenvalue weighted by Gasteiger charge is 2.45. The molecule has 1 atom stereocenters. The zero-order valence-electron chi connectivity index (χ0n) is 20.3. The number of nitrogens with zero attached hydrogens (tertiary/aromatic N) is 3. The average molecular weight is 484 g/mol. The first kappa shape index (κ1) is 23.3. The van der Waals surface area contributed by atoms with E-state index in [2.05, 4.69) is 16.5 Å². The summed E-state index contributed by atoms with van der Waals surface area (Å²) in [5.74, 6) is 0.689. The lowest BCUT2D eigenvalue weighted by molar-refractivity contribution is 0.0969. The molecule has 3 heterocycles. The summed E-state index contributed by atoms with van der Waals surface area (Å²) >= 11 is 0. The molecule has 0 radical (unpaired) electrons. The molecular formula is C28H25N3O5. The number of hydrogen-bond donors (Lipinski definition) is 0. The Kier molecular flexibility index (Phi) is 6.01. The van der Waals surface area contributed by atoms with Gasteiger partial charge in [-0.15, -0.1) is 0 Å². The summed E-state index contributed by atoms with van der Waals surface area (Å²) in [7, 11) is 0. The Labute approximate surface area is 207 Å². The normalized spacial score (nSPS) is 14.7. The fraction of sp³-hybridized carbons (Fsp3) is 0.214. The SMILES string of the molecule is C=CCOc1ccc(C2c3c(oc4cc(C)c(C)cc4c3=O)C(=O)N2c2ncccn2)cc1OCC. The molecule has 0 saturated heterocycles. The highest BCUT2D eigenvalue weighted by atomic mass is 16.5. The lowest BCUT2D eigenvalue weighted by Crippen LogP contribution is -2.31. The molecule has 2 aromatic carbocycles. The van der Waals surface area contributed by atoms with Gasteiger partial charge in [0.15, 0.2) is 16.9 Å². The van der Waals surface area contributed by atoms with Gasteiger partial charge in [-0.25, -0.2) is 9.97 Å². The number of carbonyl (C=O) groups is 1. The first-order valence-electron chi connectivity index (χ1n) is 11.6. The van der Waals surface area contributed by atoms with Gasteiger partial charge in [0, 0.05) is 12.4 Å². The molecule has 8 heteroatoms. The Hall–Kier alpha value is -4.46. The van der Waals surface area contributed by atoms with Gasteiger partial charge in [0.25, 0.3) is 5.91 Å². The van der Waals surface area contributed by atoms with E-state index in [0.29, 0.717) is 41.2 Å². The minimum atomic E-state index is -0.815. The van der Waals surface area contributed by atoms with Gasteiger partial charge in [0.1, 0.15) is 12.2 Å². The molecule has 4 aromatic rings. The van der Waals surface area contributed by atoms with E-state index in [0.717, 1.165) is 11.1 Å². The predicted octanol–water partition coefficient (Wildman–Crippen LogP) is 4.91. The van der Waals surface area contributed by atoms with E-state index in [1.807, 2.05) is 20.8 Å². The minimum Gasteiger partial charge on any atom is -0.490 e. The molecule has 36 heavy (non-hydrogen) atoms. The molecule has 0 aliphatic carbocycles. The summed E-state index contributed by atoms with van der Waals surface area (Å²) in [5, 5.41) is 0.418. The second kappa shape index (κ2) is 9.30. The number of carbonyl (C=O) groups excluding carboxylic acids is 1. The number of fused-ring (bicyclic) bond motifs is 2.